The topological polar surface area (TPSA) is 74.8 Å². The molecule has 130 valence electrons. The maximum atomic E-state index is 12.4. The van der Waals surface area contributed by atoms with Crippen molar-refractivity contribution in [2.45, 2.75) is 25.7 Å². The summed E-state index contributed by atoms with van der Waals surface area (Å²) >= 11 is 0. The van der Waals surface area contributed by atoms with E-state index in [1.54, 1.807) is 43.2 Å². The first-order valence-electron chi connectivity index (χ1n) is 7.17. The molecule has 6 nitrogen and oxygen atoms in total. The predicted octanol–water partition coefficient (Wildman–Crippen LogP) is 2.25. The Labute approximate surface area is 152 Å². The zero-order chi connectivity index (χ0) is 16.9. The number of nitrogens with zero attached hydrogens (tertiary/aromatic N) is 2. The van der Waals surface area contributed by atoms with Crippen molar-refractivity contribution in [2.24, 2.45) is 0 Å². The minimum atomic E-state index is -0.182. The molecule has 1 saturated heterocycles. The van der Waals surface area contributed by atoms with Crippen LogP contribution in [-0.4, -0.2) is 64.1 Å². The highest BCUT2D eigenvalue weighted by molar-refractivity contribution is 8.85. The van der Waals surface area contributed by atoms with Crippen LogP contribution >= 0.6 is 43.2 Å². The van der Waals surface area contributed by atoms with Crippen LogP contribution in [-0.2, 0) is 19.2 Å². The molecule has 0 spiro atoms. The lowest BCUT2D eigenvalue weighted by Crippen LogP contribution is -2.51. The van der Waals surface area contributed by atoms with Crippen molar-refractivity contribution >= 4 is 67.6 Å². The third kappa shape index (κ3) is 8.37. The Morgan fingerprint density at radius 2 is 1.22 bits per heavy atom. The average Bonchev–Trinajstić information content (AvgIpc) is 2.56. The highest BCUT2D eigenvalue weighted by atomic mass is 33.1. The van der Waals surface area contributed by atoms with E-state index in [1.165, 1.54) is 10.0 Å². The largest absolute Gasteiger partial charge is 0.303 e. The van der Waals surface area contributed by atoms with Crippen LogP contribution in [0.3, 0.4) is 0 Å². The Balaban J connectivity index is 2.87. The quantitative estimate of drug-likeness (QED) is 0.500. The Morgan fingerprint density at radius 1 is 0.783 bits per heavy atom. The van der Waals surface area contributed by atoms with E-state index < -0.39 is 0 Å². The predicted molar refractivity (Wildman–Crippen MR) is 99.0 cm³/mol. The van der Waals surface area contributed by atoms with Gasteiger partial charge in [0.2, 0.25) is 11.8 Å². The fourth-order valence-corrected chi connectivity index (χ4v) is 7.13. The molecule has 0 unspecified atom stereocenters. The van der Waals surface area contributed by atoms with E-state index in [4.69, 9.17) is 0 Å². The van der Waals surface area contributed by atoms with Crippen LogP contribution in [0.1, 0.15) is 25.7 Å². The summed E-state index contributed by atoms with van der Waals surface area (Å²) < 4.78 is 0. The Morgan fingerprint density at radius 3 is 1.61 bits per heavy atom. The minimum absolute atomic E-state index is 0.170. The molecule has 1 aliphatic rings. The number of hydrazine groups is 1. The summed E-state index contributed by atoms with van der Waals surface area (Å²) in [6.45, 7) is 0.346. The van der Waals surface area contributed by atoms with Crippen LogP contribution in [0.25, 0.3) is 0 Å². The Kier molecular flexibility index (Phi) is 11.7. The van der Waals surface area contributed by atoms with Crippen molar-refractivity contribution in [1.29, 1.82) is 0 Å². The van der Waals surface area contributed by atoms with Gasteiger partial charge in [0.15, 0.2) is 0 Å². The molecular weight excluding hydrogens is 376 g/mol. The second kappa shape index (κ2) is 13.0. The molecule has 2 amide bonds. The maximum absolute atomic E-state index is 12.4. The van der Waals surface area contributed by atoms with Crippen LogP contribution in [0.5, 0.6) is 0 Å². The van der Waals surface area contributed by atoms with E-state index in [9.17, 15) is 19.2 Å². The van der Waals surface area contributed by atoms with Gasteiger partial charge in [-0.3, -0.25) is 19.6 Å². The van der Waals surface area contributed by atoms with Crippen LogP contribution in [0.4, 0.5) is 0 Å². The molecule has 1 aliphatic heterocycles. The van der Waals surface area contributed by atoms with Gasteiger partial charge in [-0.1, -0.05) is 43.2 Å². The molecule has 0 aromatic carbocycles. The van der Waals surface area contributed by atoms with Crippen molar-refractivity contribution in [2.75, 3.05) is 29.7 Å². The number of rotatable bonds is 6. The second-order valence-corrected chi connectivity index (χ2v) is 9.97. The molecule has 1 heterocycles. The summed E-state index contributed by atoms with van der Waals surface area (Å²) in [5.74, 6) is 0.946. The van der Waals surface area contributed by atoms with Crippen molar-refractivity contribution in [3.63, 3.8) is 0 Å². The molecule has 0 radical (unpaired) electrons. The molecule has 0 aliphatic carbocycles. The number of amides is 2. The summed E-state index contributed by atoms with van der Waals surface area (Å²) in [4.78, 5) is 46.2. The van der Waals surface area contributed by atoms with Crippen molar-refractivity contribution in [3.8, 4) is 0 Å². The van der Waals surface area contributed by atoms with Gasteiger partial charge in [-0.15, -0.1) is 0 Å². The molecule has 0 bridgehead atoms. The van der Waals surface area contributed by atoms with Gasteiger partial charge in [0.25, 0.3) is 0 Å². The average molecular weight is 397 g/mol. The van der Waals surface area contributed by atoms with E-state index in [0.717, 1.165) is 17.7 Å². The first-order valence-corrected chi connectivity index (χ1v) is 12.1. The van der Waals surface area contributed by atoms with Gasteiger partial charge in [-0.05, 0) is 0 Å². The monoisotopic (exact) mass is 396 g/mol. The summed E-state index contributed by atoms with van der Waals surface area (Å²) in [6, 6.07) is 0. The van der Waals surface area contributed by atoms with Gasteiger partial charge in [-0.2, -0.15) is 0 Å². The zero-order valence-corrected chi connectivity index (χ0v) is 15.9. The molecule has 1 fully saturated rings. The Hall–Kier alpha value is -0.320. The summed E-state index contributed by atoms with van der Waals surface area (Å²) in [5.41, 5.74) is 0. The summed E-state index contributed by atoms with van der Waals surface area (Å²) in [6.07, 6.45) is 2.41. The first-order chi connectivity index (χ1) is 11.2. The Bertz CT molecular complexity index is 375. The number of hydrogen-bond donors (Lipinski definition) is 0. The number of aldehydes is 2. The van der Waals surface area contributed by atoms with E-state index in [0.29, 0.717) is 24.3 Å². The SMILES string of the molecule is O=CCCN1C(=O)CCSSCSSCCC(=O)N1CCC=O. The minimum Gasteiger partial charge on any atom is -0.303 e. The molecule has 0 aromatic rings. The van der Waals surface area contributed by atoms with Crippen molar-refractivity contribution < 1.29 is 19.2 Å². The molecule has 23 heavy (non-hydrogen) atoms. The summed E-state index contributed by atoms with van der Waals surface area (Å²) in [5, 5.41) is 3.60. The molecule has 10 heteroatoms. The smallest absolute Gasteiger partial charge is 0.242 e. The lowest BCUT2D eigenvalue weighted by molar-refractivity contribution is -0.164. The van der Waals surface area contributed by atoms with Crippen molar-refractivity contribution in [1.82, 2.24) is 10.0 Å². The third-order valence-electron chi connectivity index (χ3n) is 2.85. The van der Waals surface area contributed by atoms with E-state index in [2.05, 4.69) is 0 Å². The van der Waals surface area contributed by atoms with Gasteiger partial charge in [0.1, 0.15) is 12.6 Å². The second-order valence-electron chi connectivity index (χ2n) is 4.44. The van der Waals surface area contributed by atoms with E-state index in [1.807, 2.05) is 0 Å². The fraction of sp³-hybridized carbons (Fsp3) is 0.692. The number of carbonyl (C=O) groups excluding carboxylic acids is 4. The van der Waals surface area contributed by atoms with Gasteiger partial charge >= 0.3 is 0 Å². The number of hydrogen-bond acceptors (Lipinski definition) is 8. The van der Waals surface area contributed by atoms with Crippen LogP contribution in [0.15, 0.2) is 0 Å². The van der Waals surface area contributed by atoms with Gasteiger partial charge in [-0.25, -0.2) is 0 Å². The van der Waals surface area contributed by atoms with Crippen LogP contribution in [0.2, 0.25) is 0 Å². The van der Waals surface area contributed by atoms with Crippen LogP contribution < -0.4 is 0 Å². The lowest BCUT2D eigenvalue weighted by atomic mass is 10.3. The molecule has 0 aromatic heterocycles. The van der Waals surface area contributed by atoms with Crippen molar-refractivity contribution in [3.05, 3.63) is 0 Å². The highest BCUT2D eigenvalue weighted by Crippen LogP contribution is 2.33. The summed E-state index contributed by atoms with van der Waals surface area (Å²) in [7, 11) is 6.66. The molecule has 1 rings (SSSR count). The maximum Gasteiger partial charge on any atom is 0.242 e. The first kappa shape index (κ1) is 20.7. The third-order valence-corrected chi connectivity index (χ3v) is 8.42. The normalized spacial score (nSPS) is 18.8. The molecular formula is C13H20N2O4S4. The van der Waals surface area contributed by atoms with Crippen LogP contribution in [0, 0.1) is 0 Å². The van der Waals surface area contributed by atoms with E-state index >= 15 is 0 Å². The fourth-order valence-electron chi connectivity index (χ4n) is 1.83. The highest BCUT2D eigenvalue weighted by Gasteiger charge is 2.25. The lowest BCUT2D eigenvalue weighted by Gasteiger charge is -2.34. The molecule has 0 saturated carbocycles. The van der Waals surface area contributed by atoms with Gasteiger partial charge in [0, 0.05) is 50.3 Å². The molecule has 0 N–H and O–H groups in total. The standard InChI is InChI=1S/C13H20N2O4S4/c16-7-1-5-14-12(18)3-9-20-22-11-23-21-10-4-13(19)15(14)6-2-8-17/h7-8H,1-6,9-11H2. The zero-order valence-electron chi connectivity index (χ0n) is 12.7. The molecule has 0 atom stereocenters. The van der Waals surface area contributed by atoms with Gasteiger partial charge in [0.05, 0.1) is 5.08 Å². The van der Waals surface area contributed by atoms with Gasteiger partial charge < -0.3 is 9.59 Å². The number of carbonyl (C=O) groups is 4. The van der Waals surface area contributed by atoms with E-state index in [-0.39, 0.29) is 37.7 Å².